The lowest BCUT2D eigenvalue weighted by atomic mass is 10.1. The van der Waals surface area contributed by atoms with Gasteiger partial charge >= 0.3 is 0 Å². The average Bonchev–Trinajstić information content (AvgIpc) is 2.66. The third-order valence-electron chi connectivity index (χ3n) is 3.45. The van der Waals surface area contributed by atoms with Gasteiger partial charge in [0.2, 0.25) is 0 Å². The molecule has 0 spiro atoms. The first kappa shape index (κ1) is 11.8. The molecule has 18 heavy (non-hydrogen) atoms. The van der Waals surface area contributed by atoms with Crippen LogP contribution in [0.15, 0.2) is 30.3 Å². The first-order chi connectivity index (χ1) is 8.74. The van der Waals surface area contributed by atoms with Gasteiger partial charge in [0.1, 0.15) is 5.15 Å². The minimum Gasteiger partial charge on any atom is -0.293 e. The van der Waals surface area contributed by atoms with E-state index < -0.39 is 0 Å². The molecule has 0 amide bonds. The Kier molecular flexibility index (Phi) is 3.10. The van der Waals surface area contributed by atoms with Gasteiger partial charge in [0.25, 0.3) is 0 Å². The number of halogens is 1. The zero-order valence-electron chi connectivity index (χ0n) is 10.4. The van der Waals surface area contributed by atoms with Gasteiger partial charge in [-0.3, -0.25) is 9.58 Å². The van der Waals surface area contributed by atoms with Crippen LogP contribution in [0.3, 0.4) is 0 Å². The molecule has 1 aromatic carbocycles. The third kappa shape index (κ3) is 2.16. The van der Waals surface area contributed by atoms with E-state index in [1.165, 1.54) is 11.1 Å². The quantitative estimate of drug-likeness (QED) is 0.829. The Morgan fingerprint density at radius 2 is 2.06 bits per heavy atom. The second kappa shape index (κ2) is 4.75. The van der Waals surface area contributed by atoms with Crippen molar-refractivity contribution in [1.82, 2.24) is 14.7 Å². The summed E-state index contributed by atoms with van der Waals surface area (Å²) in [6.07, 6.45) is 0.995. The van der Waals surface area contributed by atoms with Crippen molar-refractivity contribution in [2.75, 3.05) is 6.54 Å². The van der Waals surface area contributed by atoms with Crippen molar-refractivity contribution in [2.24, 2.45) is 7.05 Å². The Balaban J connectivity index is 1.75. The van der Waals surface area contributed by atoms with Crippen LogP contribution in [-0.2, 0) is 26.6 Å². The van der Waals surface area contributed by atoms with Crippen LogP contribution in [0.2, 0.25) is 5.15 Å². The van der Waals surface area contributed by atoms with Crippen LogP contribution in [0.5, 0.6) is 0 Å². The first-order valence-electron chi connectivity index (χ1n) is 6.20. The fourth-order valence-electron chi connectivity index (χ4n) is 2.51. The van der Waals surface area contributed by atoms with Gasteiger partial charge in [-0.25, -0.2) is 0 Å². The van der Waals surface area contributed by atoms with Crippen LogP contribution in [0, 0.1) is 0 Å². The van der Waals surface area contributed by atoms with Gasteiger partial charge < -0.3 is 0 Å². The van der Waals surface area contributed by atoms with Crippen LogP contribution >= 0.6 is 11.6 Å². The molecule has 1 aromatic heterocycles. The number of hydrogen-bond acceptors (Lipinski definition) is 2. The smallest absolute Gasteiger partial charge is 0.130 e. The fraction of sp³-hybridized carbons (Fsp3) is 0.357. The van der Waals surface area contributed by atoms with Crippen molar-refractivity contribution in [3.63, 3.8) is 0 Å². The highest BCUT2D eigenvalue weighted by molar-refractivity contribution is 6.30. The molecule has 0 N–H and O–H groups in total. The number of nitrogens with zero attached hydrogens (tertiary/aromatic N) is 3. The second-order valence-corrected chi connectivity index (χ2v) is 5.14. The number of aromatic nitrogens is 2. The minimum absolute atomic E-state index is 0.796. The molecular formula is C14H16ClN3. The maximum atomic E-state index is 6.22. The number of rotatable bonds is 2. The highest BCUT2D eigenvalue weighted by Gasteiger charge is 2.22. The molecule has 2 heterocycles. The maximum absolute atomic E-state index is 6.22. The Morgan fingerprint density at radius 1 is 1.28 bits per heavy atom. The lowest BCUT2D eigenvalue weighted by molar-refractivity contribution is 0.242. The number of hydrogen-bond donors (Lipinski definition) is 0. The van der Waals surface area contributed by atoms with Gasteiger partial charge in [0, 0.05) is 32.2 Å². The molecular weight excluding hydrogens is 246 g/mol. The van der Waals surface area contributed by atoms with Crippen LogP contribution < -0.4 is 0 Å². The molecule has 4 heteroatoms. The summed E-state index contributed by atoms with van der Waals surface area (Å²) in [6.45, 7) is 2.92. The summed E-state index contributed by atoms with van der Waals surface area (Å²) in [7, 11) is 1.90. The molecule has 0 atom stereocenters. The van der Waals surface area contributed by atoms with Crippen molar-refractivity contribution in [1.29, 1.82) is 0 Å². The molecule has 0 radical (unpaired) electrons. The zero-order valence-corrected chi connectivity index (χ0v) is 11.2. The van der Waals surface area contributed by atoms with E-state index >= 15 is 0 Å². The largest absolute Gasteiger partial charge is 0.293 e. The van der Waals surface area contributed by atoms with E-state index in [4.69, 9.17) is 11.6 Å². The third-order valence-corrected chi connectivity index (χ3v) is 3.93. The number of aryl methyl sites for hydroxylation is 1. The van der Waals surface area contributed by atoms with Gasteiger partial charge in [0.15, 0.2) is 0 Å². The van der Waals surface area contributed by atoms with Gasteiger partial charge in [-0.05, 0) is 12.0 Å². The summed E-state index contributed by atoms with van der Waals surface area (Å²) >= 11 is 6.22. The first-order valence-corrected chi connectivity index (χ1v) is 6.58. The van der Waals surface area contributed by atoms with Crippen molar-refractivity contribution in [3.05, 3.63) is 52.3 Å². The number of fused-ring (bicyclic) bond motifs is 1. The SMILES string of the molecule is Cn1nc2c(c1Cl)CCN(Cc1ccccc1)C2. The molecule has 0 aliphatic carbocycles. The van der Waals surface area contributed by atoms with Gasteiger partial charge in [-0.1, -0.05) is 41.9 Å². The molecule has 0 fully saturated rings. The van der Waals surface area contributed by atoms with E-state index in [2.05, 4.69) is 40.3 Å². The van der Waals surface area contributed by atoms with E-state index in [9.17, 15) is 0 Å². The van der Waals surface area contributed by atoms with Gasteiger partial charge in [-0.2, -0.15) is 5.10 Å². The van der Waals surface area contributed by atoms with Crippen molar-refractivity contribution >= 4 is 11.6 Å². The van der Waals surface area contributed by atoms with Crippen LogP contribution in [0.4, 0.5) is 0 Å². The lowest BCUT2D eigenvalue weighted by Crippen LogP contribution is -2.29. The Labute approximate surface area is 112 Å². The maximum Gasteiger partial charge on any atom is 0.130 e. The standard InChI is InChI=1S/C14H16ClN3/c1-17-14(15)12-7-8-18(10-13(12)16-17)9-11-5-3-2-4-6-11/h2-6H,7-10H2,1H3. The molecule has 0 saturated heterocycles. The highest BCUT2D eigenvalue weighted by atomic mass is 35.5. The predicted octanol–water partition coefficient (Wildman–Crippen LogP) is 2.63. The highest BCUT2D eigenvalue weighted by Crippen LogP contribution is 2.25. The normalized spacial score (nSPS) is 15.7. The minimum atomic E-state index is 0.796. The monoisotopic (exact) mass is 261 g/mol. The molecule has 3 nitrogen and oxygen atoms in total. The van der Waals surface area contributed by atoms with Crippen LogP contribution in [0.1, 0.15) is 16.8 Å². The predicted molar refractivity (Wildman–Crippen MR) is 72.5 cm³/mol. The molecule has 0 unspecified atom stereocenters. The molecule has 0 bridgehead atoms. The second-order valence-electron chi connectivity index (χ2n) is 4.79. The summed E-state index contributed by atoms with van der Waals surface area (Å²) in [5, 5.41) is 5.28. The van der Waals surface area contributed by atoms with E-state index in [1.807, 2.05) is 7.05 Å². The van der Waals surface area contributed by atoms with Crippen LogP contribution in [-0.4, -0.2) is 21.2 Å². The van der Waals surface area contributed by atoms with E-state index in [0.717, 1.165) is 36.9 Å². The van der Waals surface area contributed by atoms with E-state index in [-0.39, 0.29) is 0 Å². The van der Waals surface area contributed by atoms with E-state index in [1.54, 1.807) is 4.68 Å². The van der Waals surface area contributed by atoms with E-state index in [0.29, 0.717) is 0 Å². The lowest BCUT2D eigenvalue weighted by Gasteiger charge is -2.25. The van der Waals surface area contributed by atoms with Crippen molar-refractivity contribution < 1.29 is 0 Å². The topological polar surface area (TPSA) is 21.1 Å². The Bertz CT molecular complexity index is 548. The molecule has 2 aromatic rings. The average molecular weight is 262 g/mol. The Hall–Kier alpha value is -1.32. The molecule has 94 valence electrons. The van der Waals surface area contributed by atoms with Crippen molar-refractivity contribution in [3.8, 4) is 0 Å². The van der Waals surface area contributed by atoms with Crippen LogP contribution in [0.25, 0.3) is 0 Å². The van der Waals surface area contributed by atoms with Gasteiger partial charge in [0.05, 0.1) is 5.69 Å². The molecule has 3 rings (SSSR count). The molecule has 1 aliphatic heterocycles. The summed E-state index contributed by atoms with van der Waals surface area (Å²) in [4.78, 5) is 2.42. The molecule has 1 aliphatic rings. The summed E-state index contributed by atoms with van der Waals surface area (Å²) in [5.41, 5.74) is 3.70. The number of benzene rings is 1. The summed E-state index contributed by atoms with van der Waals surface area (Å²) < 4.78 is 1.78. The zero-order chi connectivity index (χ0) is 12.5. The van der Waals surface area contributed by atoms with Gasteiger partial charge in [-0.15, -0.1) is 0 Å². The molecule has 0 saturated carbocycles. The summed E-state index contributed by atoms with van der Waals surface area (Å²) in [5.74, 6) is 0. The summed E-state index contributed by atoms with van der Waals surface area (Å²) in [6, 6.07) is 10.6. The fourth-order valence-corrected chi connectivity index (χ4v) is 2.75. The van der Waals surface area contributed by atoms with Crippen molar-refractivity contribution in [2.45, 2.75) is 19.5 Å². The Morgan fingerprint density at radius 3 is 2.83 bits per heavy atom.